The normalized spacial score (nSPS) is 47.2. The second-order valence-electron chi connectivity index (χ2n) is 8.80. The Morgan fingerprint density at radius 3 is 2.83 bits per heavy atom. The number of aliphatic hydroxyl groups is 1. The number of fused-ring (bicyclic) bond motifs is 5. The number of ether oxygens (including phenoxy) is 1. The number of rotatable bonds is 2. The van der Waals surface area contributed by atoms with Gasteiger partial charge in [-0.25, -0.2) is 0 Å². The molecule has 0 unspecified atom stereocenters. The van der Waals surface area contributed by atoms with Crippen LogP contribution in [0.3, 0.4) is 0 Å². The van der Waals surface area contributed by atoms with Crippen LogP contribution in [0.15, 0.2) is 23.5 Å². The molecule has 2 fully saturated rings. The molecule has 2 saturated carbocycles. The lowest BCUT2D eigenvalue weighted by Gasteiger charge is -2.57. The summed E-state index contributed by atoms with van der Waals surface area (Å²) in [4.78, 5) is 12.5. The van der Waals surface area contributed by atoms with E-state index in [1.807, 2.05) is 6.92 Å². The zero-order chi connectivity index (χ0) is 17.1. The Morgan fingerprint density at radius 1 is 1.29 bits per heavy atom. The van der Waals surface area contributed by atoms with Gasteiger partial charge in [0.15, 0.2) is 0 Å². The van der Waals surface area contributed by atoms with Gasteiger partial charge in [-0.05, 0) is 67.4 Å². The van der Waals surface area contributed by atoms with Crippen molar-refractivity contribution in [3.8, 4) is 0 Å². The van der Waals surface area contributed by atoms with Crippen molar-refractivity contribution in [1.29, 1.82) is 0 Å². The molecular formula is C21H30O3. The highest BCUT2D eigenvalue weighted by Gasteiger charge is 2.61. The van der Waals surface area contributed by atoms with Crippen molar-refractivity contribution >= 4 is 5.78 Å². The fourth-order valence-corrected chi connectivity index (χ4v) is 6.51. The summed E-state index contributed by atoms with van der Waals surface area (Å²) < 4.78 is 5.75. The number of Topliss-reactive ketones (excluding diaryl/α,β-unsaturated/α-hetero) is 1. The van der Waals surface area contributed by atoms with Gasteiger partial charge in [-0.2, -0.15) is 0 Å². The molecule has 0 saturated heterocycles. The Balaban J connectivity index is 1.72. The third kappa shape index (κ3) is 2.09. The Bertz CT molecular complexity index is 619. The van der Waals surface area contributed by atoms with E-state index in [9.17, 15) is 9.90 Å². The molecule has 0 spiro atoms. The molecule has 4 aliphatic carbocycles. The second kappa shape index (κ2) is 5.45. The van der Waals surface area contributed by atoms with E-state index < -0.39 is 0 Å². The molecule has 132 valence electrons. The molecule has 0 heterocycles. The van der Waals surface area contributed by atoms with E-state index in [1.54, 1.807) is 0 Å². The van der Waals surface area contributed by atoms with Crippen molar-refractivity contribution in [2.75, 3.05) is 6.61 Å². The lowest BCUT2D eigenvalue weighted by molar-refractivity contribution is -0.143. The maximum absolute atomic E-state index is 12.5. The molecule has 4 aliphatic rings. The van der Waals surface area contributed by atoms with Gasteiger partial charge in [0.05, 0.1) is 18.5 Å². The van der Waals surface area contributed by atoms with Crippen molar-refractivity contribution in [2.24, 2.45) is 28.6 Å². The van der Waals surface area contributed by atoms with Crippen LogP contribution in [0.25, 0.3) is 0 Å². The van der Waals surface area contributed by atoms with E-state index in [4.69, 9.17) is 4.74 Å². The van der Waals surface area contributed by atoms with Gasteiger partial charge < -0.3 is 9.84 Å². The SMILES string of the molecule is CCOC1=CC2=CC[C@@H]3[C@H]([C@H](O)C[C@]4(C)C(=O)CC[C@@H]34)[C@@]2(C)CC1. The van der Waals surface area contributed by atoms with Crippen molar-refractivity contribution < 1.29 is 14.6 Å². The van der Waals surface area contributed by atoms with Gasteiger partial charge in [-0.15, -0.1) is 0 Å². The predicted molar refractivity (Wildman–Crippen MR) is 93.2 cm³/mol. The average Bonchev–Trinajstić information content (AvgIpc) is 2.82. The minimum absolute atomic E-state index is 0.0237. The maximum Gasteiger partial charge on any atom is 0.139 e. The van der Waals surface area contributed by atoms with E-state index in [-0.39, 0.29) is 22.9 Å². The van der Waals surface area contributed by atoms with Crippen molar-refractivity contribution in [2.45, 2.75) is 65.4 Å². The number of aliphatic hydroxyl groups excluding tert-OH is 1. The summed E-state index contributed by atoms with van der Waals surface area (Å²) in [6.07, 6.45) is 9.61. The molecule has 3 heteroatoms. The van der Waals surface area contributed by atoms with Gasteiger partial charge in [0.25, 0.3) is 0 Å². The quantitative estimate of drug-likeness (QED) is 0.832. The van der Waals surface area contributed by atoms with Crippen LogP contribution in [0.2, 0.25) is 0 Å². The van der Waals surface area contributed by atoms with Gasteiger partial charge >= 0.3 is 0 Å². The minimum atomic E-state index is -0.367. The molecule has 0 aromatic carbocycles. The lowest BCUT2D eigenvalue weighted by Crippen LogP contribution is -2.55. The number of ketones is 1. The Hall–Kier alpha value is -1.09. The standard InChI is InChI=1S/C21H30O3/c1-4-24-14-9-10-20(2)13(11-14)5-6-15-16-7-8-18(23)21(16,3)12-17(22)19(15)20/h5,11,15-17,19,22H,4,6-10,12H2,1-3H3/t15-,16-,17+,19+,20-,21-/m0/s1. The molecule has 3 nitrogen and oxygen atoms in total. The van der Waals surface area contributed by atoms with Crippen LogP contribution in [0.4, 0.5) is 0 Å². The summed E-state index contributed by atoms with van der Waals surface area (Å²) in [5.41, 5.74) is 1.09. The summed E-state index contributed by atoms with van der Waals surface area (Å²) in [6, 6.07) is 0. The second-order valence-corrected chi connectivity index (χ2v) is 8.80. The summed E-state index contributed by atoms with van der Waals surface area (Å²) >= 11 is 0. The molecule has 0 aliphatic heterocycles. The summed E-state index contributed by atoms with van der Waals surface area (Å²) in [5.74, 6) is 2.64. The first-order valence-corrected chi connectivity index (χ1v) is 9.65. The number of hydrogen-bond acceptors (Lipinski definition) is 3. The molecule has 4 rings (SSSR count). The van der Waals surface area contributed by atoms with Gasteiger partial charge in [0, 0.05) is 18.3 Å². The molecule has 24 heavy (non-hydrogen) atoms. The third-order valence-electron chi connectivity index (χ3n) is 7.71. The topological polar surface area (TPSA) is 46.5 Å². The molecule has 0 aromatic rings. The Morgan fingerprint density at radius 2 is 2.08 bits per heavy atom. The van der Waals surface area contributed by atoms with Gasteiger partial charge in [0.1, 0.15) is 5.78 Å². The zero-order valence-corrected chi connectivity index (χ0v) is 15.2. The van der Waals surface area contributed by atoms with Crippen LogP contribution in [0.5, 0.6) is 0 Å². The highest BCUT2D eigenvalue weighted by molar-refractivity contribution is 5.87. The fraction of sp³-hybridized carbons (Fsp3) is 0.762. The van der Waals surface area contributed by atoms with Gasteiger partial charge in [0.2, 0.25) is 0 Å². The molecule has 0 bridgehead atoms. The highest BCUT2D eigenvalue weighted by atomic mass is 16.5. The van der Waals surface area contributed by atoms with Crippen LogP contribution in [-0.4, -0.2) is 23.6 Å². The molecule has 0 aromatic heterocycles. The van der Waals surface area contributed by atoms with E-state index in [0.29, 0.717) is 37.1 Å². The van der Waals surface area contributed by atoms with Crippen molar-refractivity contribution in [1.82, 2.24) is 0 Å². The Kier molecular flexibility index (Phi) is 3.72. The van der Waals surface area contributed by atoms with E-state index in [1.165, 1.54) is 5.57 Å². The lowest BCUT2D eigenvalue weighted by atomic mass is 9.48. The minimum Gasteiger partial charge on any atom is -0.498 e. The number of hydrogen-bond donors (Lipinski definition) is 1. The average molecular weight is 330 g/mol. The predicted octanol–water partition coefficient (Wildman–Crippen LogP) is 4.02. The first-order valence-electron chi connectivity index (χ1n) is 9.65. The van der Waals surface area contributed by atoms with Gasteiger partial charge in [-0.3, -0.25) is 4.79 Å². The third-order valence-corrected chi connectivity index (χ3v) is 7.71. The van der Waals surface area contributed by atoms with Crippen LogP contribution in [0, 0.1) is 28.6 Å². The zero-order valence-electron chi connectivity index (χ0n) is 15.2. The van der Waals surface area contributed by atoms with E-state index in [2.05, 4.69) is 26.0 Å². The van der Waals surface area contributed by atoms with Crippen molar-refractivity contribution in [3.05, 3.63) is 23.5 Å². The molecule has 0 amide bonds. The number of carbonyl (C=O) groups is 1. The Labute approximate surface area is 145 Å². The van der Waals surface area contributed by atoms with Gasteiger partial charge in [-0.1, -0.05) is 19.9 Å². The molecule has 0 radical (unpaired) electrons. The van der Waals surface area contributed by atoms with Crippen LogP contribution in [-0.2, 0) is 9.53 Å². The first kappa shape index (κ1) is 16.4. The number of carbonyl (C=O) groups excluding carboxylic acids is 1. The smallest absolute Gasteiger partial charge is 0.139 e. The van der Waals surface area contributed by atoms with Crippen LogP contribution < -0.4 is 0 Å². The first-order chi connectivity index (χ1) is 11.4. The molecular weight excluding hydrogens is 300 g/mol. The summed E-state index contributed by atoms with van der Waals surface area (Å²) in [7, 11) is 0. The largest absolute Gasteiger partial charge is 0.498 e. The molecule has 6 atom stereocenters. The van der Waals surface area contributed by atoms with E-state index >= 15 is 0 Å². The summed E-state index contributed by atoms with van der Waals surface area (Å²) in [5, 5.41) is 11.1. The molecule has 1 N–H and O–H groups in total. The summed E-state index contributed by atoms with van der Waals surface area (Å²) in [6.45, 7) is 7.19. The monoisotopic (exact) mass is 330 g/mol. The van der Waals surface area contributed by atoms with Crippen LogP contribution in [0.1, 0.15) is 59.3 Å². The van der Waals surface area contributed by atoms with E-state index in [0.717, 1.165) is 31.4 Å². The maximum atomic E-state index is 12.5. The van der Waals surface area contributed by atoms with Crippen molar-refractivity contribution in [3.63, 3.8) is 0 Å². The number of allylic oxidation sites excluding steroid dienone is 4. The van der Waals surface area contributed by atoms with Crippen LogP contribution >= 0.6 is 0 Å². The highest BCUT2D eigenvalue weighted by Crippen LogP contribution is 2.63. The fourth-order valence-electron chi connectivity index (χ4n) is 6.51.